The fourth-order valence-electron chi connectivity index (χ4n) is 1.52. The number of nitro groups is 1. The molecule has 0 aromatic heterocycles. The molecule has 1 aromatic carbocycles. The van der Waals surface area contributed by atoms with Crippen molar-refractivity contribution in [3.63, 3.8) is 0 Å². The Morgan fingerprint density at radius 2 is 1.68 bits per heavy atom. The molecule has 0 heterocycles. The summed E-state index contributed by atoms with van der Waals surface area (Å²) in [5.41, 5.74) is 7.56. The van der Waals surface area contributed by atoms with Gasteiger partial charge in [-0.25, -0.2) is 9.59 Å². The van der Waals surface area contributed by atoms with Gasteiger partial charge in [0.15, 0.2) is 5.57 Å². The Balaban J connectivity index is 3.56. The minimum absolute atomic E-state index is 0.120. The maximum Gasteiger partial charge on any atom is 0.345 e. The molecule has 0 amide bonds. The van der Waals surface area contributed by atoms with Gasteiger partial charge in [0.1, 0.15) is 0 Å². The molecule has 0 aliphatic carbocycles. The zero-order valence-corrected chi connectivity index (χ0v) is 11.5. The second kappa shape index (κ2) is 7.41. The lowest BCUT2D eigenvalue weighted by Crippen LogP contribution is -2.17. The number of hydrogen-bond donors (Lipinski definition) is 0. The summed E-state index contributed by atoms with van der Waals surface area (Å²) in [6, 6.07) is 4.73. The number of carbonyl (C=O) groups excluding carboxylic acids is 2. The topological polar surface area (TPSA) is 144 Å². The molecule has 0 aliphatic rings. The molecule has 0 saturated carbocycles. The summed E-state index contributed by atoms with van der Waals surface area (Å²) in [5.74, 6) is -2.12. The van der Waals surface area contributed by atoms with Crippen LogP contribution in [-0.4, -0.2) is 31.1 Å². The molecule has 0 spiro atoms. The zero-order valence-electron chi connectivity index (χ0n) is 11.5. The van der Waals surface area contributed by atoms with Gasteiger partial charge in [-0.1, -0.05) is 5.11 Å². The minimum atomic E-state index is -1.06. The van der Waals surface area contributed by atoms with Gasteiger partial charge in [-0.2, -0.15) is 0 Å². The number of non-ortho nitro benzene ring substituents is 1. The van der Waals surface area contributed by atoms with Crippen LogP contribution in [0.3, 0.4) is 0 Å². The fraction of sp³-hybridized carbons (Fsp3) is 0.167. The predicted molar refractivity (Wildman–Crippen MR) is 73.2 cm³/mol. The quantitative estimate of drug-likeness (QED) is 0.0935. The number of methoxy groups -OCH3 is 2. The van der Waals surface area contributed by atoms with E-state index in [0.29, 0.717) is 0 Å². The lowest BCUT2D eigenvalue weighted by atomic mass is 10.1. The Kier molecular flexibility index (Phi) is 5.61. The predicted octanol–water partition coefficient (Wildman–Crippen LogP) is 1.96. The van der Waals surface area contributed by atoms with Crippen LogP contribution in [0.4, 0.5) is 5.69 Å². The van der Waals surface area contributed by atoms with Crippen molar-refractivity contribution in [1.82, 2.24) is 0 Å². The van der Waals surface area contributed by atoms with Crippen molar-refractivity contribution in [1.29, 1.82) is 0 Å². The minimum Gasteiger partial charge on any atom is -0.465 e. The van der Waals surface area contributed by atoms with Crippen LogP contribution in [0.25, 0.3) is 16.1 Å². The first-order chi connectivity index (χ1) is 10.5. The molecule has 114 valence electrons. The summed E-state index contributed by atoms with van der Waals surface area (Å²) in [7, 11) is 2.07. The zero-order chi connectivity index (χ0) is 16.7. The van der Waals surface area contributed by atoms with E-state index in [4.69, 9.17) is 5.53 Å². The molecule has 0 unspecified atom stereocenters. The lowest BCUT2D eigenvalue weighted by molar-refractivity contribution is -0.384. The van der Waals surface area contributed by atoms with E-state index in [9.17, 15) is 19.7 Å². The van der Waals surface area contributed by atoms with Gasteiger partial charge in [0, 0.05) is 17.0 Å². The van der Waals surface area contributed by atoms with E-state index in [2.05, 4.69) is 19.5 Å². The molecular formula is C12H10N4O6. The van der Waals surface area contributed by atoms with Crippen LogP contribution < -0.4 is 0 Å². The third-order valence-electron chi connectivity index (χ3n) is 2.51. The summed E-state index contributed by atoms with van der Waals surface area (Å²) >= 11 is 0. The van der Waals surface area contributed by atoms with Crippen LogP contribution in [0.2, 0.25) is 0 Å². The van der Waals surface area contributed by atoms with E-state index in [1.54, 1.807) is 0 Å². The maximum absolute atomic E-state index is 11.7. The van der Waals surface area contributed by atoms with Gasteiger partial charge in [0.05, 0.1) is 24.8 Å². The normalized spacial score (nSPS) is 9.18. The number of esters is 2. The third kappa shape index (κ3) is 3.58. The van der Waals surface area contributed by atoms with Crippen LogP contribution in [0.1, 0.15) is 5.56 Å². The molecule has 0 saturated heterocycles. The van der Waals surface area contributed by atoms with Gasteiger partial charge in [-0.15, -0.1) is 0 Å². The largest absolute Gasteiger partial charge is 0.465 e. The number of azide groups is 1. The first-order valence-corrected chi connectivity index (χ1v) is 5.67. The van der Waals surface area contributed by atoms with E-state index in [0.717, 1.165) is 26.4 Å². The van der Waals surface area contributed by atoms with Crippen LogP contribution in [0.5, 0.6) is 0 Å². The Hall–Kier alpha value is -3.39. The summed E-state index contributed by atoms with van der Waals surface area (Å²) < 4.78 is 8.91. The Bertz CT molecular complexity index is 670. The molecule has 1 aromatic rings. The van der Waals surface area contributed by atoms with E-state index in [1.165, 1.54) is 12.1 Å². The van der Waals surface area contributed by atoms with Crippen molar-refractivity contribution in [2.24, 2.45) is 5.11 Å². The maximum atomic E-state index is 11.7. The first-order valence-electron chi connectivity index (χ1n) is 5.67. The van der Waals surface area contributed by atoms with E-state index in [-0.39, 0.29) is 16.9 Å². The average Bonchev–Trinajstić information content (AvgIpc) is 2.53. The fourth-order valence-corrected chi connectivity index (χ4v) is 1.52. The Morgan fingerprint density at radius 1 is 1.18 bits per heavy atom. The molecule has 0 aliphatic heterocycles. The van der Waals surface area contributed by atoms with Crippen LogP contribution in [-0.2, 0) is 19.1 Å². The number of nitro benzene ring substituents is 1. The summed E-state index contributed by atoms with van der Waals surface area (Å²) in [5, 5.41) is 13.9. The number of rotatable bonds is 5. The number of nitrogens with zero attached hydrogens (tertiary/aromatic N) is 4. The summed E-state index contributed by atoms with van der Waals surface area (Å²) in [6.45, 7) is 0. The molecule has 0 fully saturated rings. The highest BCUT2D eigenvalue weighted by Gasteiger charge is 2.25. The van der Waals surface area contributed by atoms with Crippen molar-refractivity contribution >= 4 is 23.3 Å². The van der Waals surface area contributed by atoms with Crippen molar-refractivity contribution < 1.29 is 24.0 Å². The van der Waals surface area contributed by atoms with Crippen molar-refractivity contribution in [3.05, 3.63) is 56.0 Å². The lowest BCUT2D eigenvalue weighted by Gasteiger charge is -2.08. The molecule has 0 N–H and O–H groups in total. The number of carbonyl (C=O) groups is 2. The smallest absolute Gasteiger partial charge is 0.345 e. The molecule has 1 rings (SSSR count). The standard InChI is InChI=1S/C12H10N4O6/c1-21-11(17)9(12(18)22-2)10(14-15-13)7-3-5-8(6-4-7)16(19)20/h3-6H,1-2H3. The molecule has 22 heavy (non-hydrogen) atoms. The molecule has 0 atom stereocenters. The highest BCUT2D eigenvalue weighted by Crippen LogP contribution is 2.24. The first kappa shape index (κ1) is 16.7. The van der Waals surface area contributed by atoms with E-state index >= 15 is 0 Å². The van der Waals surface area contributed by atoms with Crippen LogP contribution in [0.15, 0.2) is 35.0 Å². The van der Waals surface area contributed by atoms with Crippen molar-refractivity contribution in [3.8, 4) is 0 Å². The number of ether oxygens (including phenoxy) is 2. The van der Waals surface area contributed by atoms with Gasteiger partial charge in [-0.3, -0.25) is 10.1 Å². The highest BCUT2D eigenvalue weighted by atomic mass is 16.6. The highest BCUT2D eigenvalue weighted by molar-refractivity contribution is 6.19. The second-order valence-electron chi connectivity index (χ2n) is 3.70. The number of hydrogen-bond acceptors (Lipinski definition) is 7. The van der Waals surface area contributed by atoms with Crippen molar-refractivity contribution in [2.45, 2.75) is 0 Å². The SMILES string of the molecule is COC(=O)C(C(=O)OC)=C(N=[N+]=[N-])c1ccc([N+](=O)[O-])cc1. The van der Waals surface area contributed by atoms with Gasteiger partial charge in [0.25, 0.3) is 5.69 Å². The van der Waals surface area contributed by atoms with Crippen molar-refractivity contribution in [2.75, 3.05) is 14.2 Å². The average molecular weight is 306 g/mol. The third-order valence-corrected chi connectivity index (χ3v) is 2.51. The van der Waals surface area contributed by atoms with Gasteiger partial charge >= 0.3 is 11.9 Å². The molecule has 10 nitrogen and oxygen atoms in total. The van der Waals surface area contributed by atoms with Gasteiger partial charge < -0.3 is 9.47 Å². The molecule has 10 heteroatoms. The Labute approximate surface area is 123 Å². The molecule has 0 bridgehead atoms. The van der Waals surface area contributed by atoms with E-state index < -0.39 is 22.4 Å². The van der Waals surface area contributed by atoms with Crippen LogP contribution in [0, 0.1) is 10.1 Å². The second-order valence-corrected chi connectivity index (χ2v) is 3.70. The summed E-state index contributed by atoms with van der Waals surface area (Å²) in [6.07, 6.45) is 0. The van der Waals surface area contributed by atoms with E-state index in [1.807, 2.05) is 0 Å². The summed E-state index contributed by atoms with van der Waals surface area (Å²) in [4.78, 5) is 35.9. The molecule has 0 radical (unpaired) electrons. The number of benzene rings is 1. The Morgan fingerprint density at radius 3 is 2.05 bits per heavy atom. The van der Waals surface area contributed by atoms with Crippen LogP contribution >= 0.6 is 0 Å². The monoisotopic (exact) mass is 306 g/mol. The van der Waals surface area contributed by atoms with Gasteiger partial charge in [0.2, 0.25) is 0 Å². The van der Waals surface area contributed by atoms with Gasteiger partial charge in [-0.05, 0) is 23.2 Å². The molecular weight excluding hydrogens is 296 g/mol.